The van der Waals surface area contributed by atoms with Crippen molar-refractivity contribution in [3.05, 3.63) is 0 Å². The van der Waals surface area contributed by atoms with Gasteiger partial charge in [-0.25, -0.2) is 0 Å². The third-order valence-electron chi connectivity index (χ3n) is 7.22. The van der Waals surface area contributed by atoms with Crippen molar-refractivity contribution in [1.82, 2.24) is 10.6 Å². The lowest BCUT2D eigenvalue weighted by molar-refractivity contribution is 0.00558. The van der Waals surface area contributed by atoms with Crippen molar-refractivity contribution in [2.45, 2.75) is 87.5 Å². The van der Waals surface area contributed by atoms with Crippen molar-refractivity contribution >= 4 is 0 Å². The van der Waals surface area contributed by atoms with E-state index in [9.17, 15) is 10.2 Å². The minimum absolute atomic E-state index is 0.290. The quantitative estimate of drug-likeness (QED) is 0.639. The Morgan fingerprint density at radius 2 is 1.59 bits per heavy atom. The van der Waals surface area contributed by atoms with Gasteiger partial charge < -0.3 is 20.8 Å². The molecule has 0 bridgehead atoms. The van der Waals surface area contributed by atoms with Crippen LogP contribution in [0.15, 0.2) is 0 Å². The van der Waals surface area contributed by atoms with E-state index in [0.29, 0.717) is 23.9 Å². The van der Waals surface area contributed by atoms with Gasteiger partial charge in [0, 0.05) is 12.1 Å². The summed E-state index contributed by atoms with van der Waals surface area (Å²) in [7, 11) is 0. The van der Waals surface area contributed by atoms with Crippen molar-refractivity contribution < 1.29 is 10.2 Å². The number of nitrogens with one attached hydrogen (secondary N) is 2. The number of hydrogen-bond acceptors (Lipinski definition) is 4. The standard InChI is InChI=1S/C18H32N2O2/c21-17(6-1-2-7-17)16-10-14(12-20-16)13-5-8-18(22,11-13)15-4-3-9-19-15/h13-16,19-22H,1-12H2/t13?,14?,15-,16+,18?/m1/s1. The van der Waals surface area contributed by atoms with Crippen LogP contribution in [-0.2, 0) is 0 Å². The Balaban J connectivity index is 1.36. The molecule has 22 heavy (non-hydrogen) atoms. The second-order valence-corrected chi connectivity index (χ2v) is 8.52. The van der Waals surface area contributed by atoms with Crippen molar-refractivity contribution in [2.75, 3.05) is 13.1 Å². The summed E-state index contributed by atoms with van der Waals surface area (Å²) >= 11 is 0. The summed E-state index contributed by atoms with van der Waals surface area (Å²) in [6.45, 7) is 2.10. The van der Waals surface area contributed by atoms with Gasteiger partial charge in [-0.1, -0.05) is 12.8 Å². The molecule has 0 amide bonds. The molecule has 0 aromatic carbocycles. The molecule has 0 radical (unpaired) electrons. The van der Waals surface area contributed by atoms with Crippen LogP contribution < -0.4 is 10.6 Å². The molecular formula is C18H32N2O2. The molecule has 0 spiro atoms. The number of rotatable bonds is 3. The Bertz CT molecular complexity index is 404. The molecule has 2 saturated carbocycles. The summed E-state index contributed by atoms with van der Waals surface area (Å²) in [5.41, 5.74) is -0.916. The van der Waals surface area contributed by atoms with Crippen LogP contribution in [0, 0.1) is 11.8 Å². The Kier molecular flexibility index (Phi) is 4.00. The van der Waals surface area contributed by atoms with Crippen LogP contribution in [0.5, 0.6) is 0 Å². The maximum atomic E-state index is 11.0. The van der Waals surface area contributed by atoms with Gasteiger partial charge in [-0.05, 0) is 76.3 Å². The van der Waals surface area contributed by atoms with Gasteiger partial charge in [0.1, 0.15) is 0 Å². The fourth-order valence-electron chi connectivity index (χ4n) is 5.82. The SMILES string of the molecule is OC1([C@@H]2CC(C3CCC(O)([C@H]4CCCN4)C3)CN2)CCCC1. The molecule has 0 aromatic rings. The molecule has 4 N–H and O–H groups in total. The van der Waals surface area contributed by atoms with Crippen LogP contribution in [0.4, 0.5) is 0 Å². The highest BCUT2D eigenvalue weighted by molar-refractivity contribution is 5.05. The zero-order valence-electron chi connectivity index (χ0n) is 13.7. The Hall–Kier alpha value is -0.160. The second-order valence-electron chi connectivity index (χ2n) is 8.52. The molecule has 4 rings (SSSR count). The maximum Gasteiger partial charge on any atom is 0.0802 e. The normalized spacial score (nSPS) is 48.3. The van der Waals surface area contributed by atoms with Crippen LogP contribution in [0.25, 0.3) is 0 Å². The lowest BCUT2D eigenvalue weighted by Gasteiger charge is -2.31. The molecule has 5 atom stereocenters. The van der Waals surface area contributed by atoms with Gasteiger partial charge in [0.05, 0.1) is 11.2 Å². The third kappa shape index (κ3) is 2.62. The first-order valence-electron chi connectivity index (χ1n) is 9.51. The van der Waals surface area contributed by atoms with E-state index in [1.807, 2.05) is 0 Å². The molecule has 4 nitrogen and oxygen atoms in total. The van der Waals surface area contributed by atoms with Crippen molar-refractivity contribution in [3.63, 3.8) is 0 Å². The van der Waals surface area contributed by atoms with E-state index in [-0.39, 0.29) is 0 Å². The zero-order chi connectivity index (χ0) is 15.2. The Morgan fingerprint density at radius 3 is 2.32 bits per heavy atom. The molecule has 2 heterocycles. The molecule has 0 aromatic heterocycles. The Labute approximate surface area is 134 Å². The van der Waals surface area contributed by atoms with Crippen LogP contribution in [-0.4, -0.2) is 46.6 Å². The molecule has 2 aliphatic carbocycles. The molecule has 2 aliphatic heterocycles. The predicted molar refractivity (Wildman–Crippen MR) is 86.6 cm³/mol. The van der Waals surface area contributed by atoms with E-state index >= 15 is 0 Å². The van der Waals surface area contributed by atoms with E-state index in [4.69, 9.17) is 0 Å². The number of hydrogen-bond donors (Lipinski definition) is 4. The first-order valence-corrected chi connectivity index (χ1v) is 9.51. The van der Waals surface area contributed by atoms with Crippen molar-refractivity contribution in [1.29, 1.82) is 0 Å². The molecule has 2 saturated heterocycles. The van der Waals surface area contributed by atoms with Gasteiger partial charge in [0.2, 0.25) is 0 Å². The van der Waals surface area contributed by atoms with E-state index in [1.54, 1.807) is 0 Å². The fourth-order valence-corrected chi connectivity index (χ4v) is 5.82. The molecular weight excluding hydrogens is 276 g/mol. The second kappa shape index (κ2) is 5.73. The predicted octanol–water partition coefficient (Wildman–Crippen LogP) is 1.55. The molecule has 3 unspecified atom stereocenters. The fraction of sp³-hybridized carbons (Fsp3) is 1.00. The van der Waals surface area contributed by atoms with E-state index < -0.39 is 11.2 Å². The summed E-state index contributed by atoms with van der Waals surface area (Å²) in [4.78, 5) is 0. The summed E-state index contributed by atoms with van der Waals surface area (Å²) in [6, 6.07) is 0.611. The van der Waals surface area contributed by atoms with E-state index in [2.05, 4.69) is 10.6 Å². The molecule has 4 heteroatoms. The Morgan fingerprint density at radius 1 is 0.773 bits per heavy atom. The van der Waals surface area contributed by atoms with Gasteiger partial charge >= 0.3 is 0 Å². The average Bonchev–Trinajstić information content (AvgIpc) is 3.27. The molecule has 4 aliphatic rings. The van der Waals surface area contributed by atoms with Crippen molar-refractivity contribution in [2.24, 2.45) is 11.8 Å². The third-order valence-corrected chi connectivity index (χ3v) is 7.22. The van der Waals surface area contributed by atoms with Gasteiger partial charge in [-0.15, -0.1) is 0 Å². The summed E-state index contributed by atoms with van der Waals surface area (Å²) in [5, 5.41) is 28.9. The largest absolute Gasteiger partial charge is 0.388 e. The summed E-state index contributed by atoms with van der Waals surface area (Å²) < 4.78 is 0. The van der Waals surface area contributed by atoms with Gasteiger partial charge in [0.25, 0.3) is 0 Å². The van der Waals surface area contributed by atoms with Gasteiger partial charge in [-0.2, -0.15) is 0 Å². The van der Waals surface area contributed by atoms with Crippen LogP contribution >= 0.6 is 0 Å². The summed E-state index contributed by atoms with van der Waals surface area (Å²) in [6.07, 6.45) is 10.8. The highest BCUT2D eigenvalue weighted by Crippen LogP contribution is 2.46. The van der Waals surface area contributed by atoms with Gasteiger partial charge in [-0.3, -0.25) is 0 Å². The first kappa shape index (κ1) is 15.4. The van der Waals surface area contributed by atoms with Crippen LogP contribution in [0.1, 0.15) is 64.2 Å². The summed E-state index contributed by atoms with van der Waals surface area (Å²) in [5.74, 6) is 1.28. The maximum absolute atomic E-state index is 11.0. The number of aliphatic hydroxyl groups is 2. The minimum Gasteiger partial charge on any atom is -0.388 e. The topological polar surface area (TPSA) is 64.5 Å². The lowest BCUT2D eigenvalue weighted by atomic mass is 9.82. The zero-order valence-corrected chi connectivity index (χ0v) is 13.7. The van der Waals surface area contributed by atoms with Crippen molar-refractivity contribution in [3.8, 4) is 0 Å². The van der Waals surface area contributed by atoms with Gasteiger partial charge in [0.15, 0.2) is 0 Å². The smallest absolute Gasteiger partial charge is 0.0802 e. The first-order chi connectivity index (χ1) is 10.6. The molecule has 126 valence electrons. The van der Waals surface area contributed by atoms with E-state index in [1.165, 1.54) is 19.3 Å². The minimum atomic E-state index is -0.469. The average molecular weight is 308 g/mol. The lowest BCUT2D eigenvalue weighted by Crippen LogP contribution is -2.46. The highest BCUT2D eigenvalue weighted by atomic mass is 16.3. The van der Waals surface area contributed by atoms with E-state index in [0.717, 1.165) is 58.0 Å². The highest BCUT2D eigenvalue weighted by Gasteiger charge is 2.49. The monoisotopic (exact) mass is 308 g/mol. The van der Waals surface area contributed by atoms with Crippen LogP contribution in [0.2, 0.25) is 0 Å². The van der Waals surface area contributed by atoms with Crippen LogP contribution in [0.3, 0.4) is 0 Å². The molecule has 4 fully saturated rings.